The van der Waals surface area contributed by atoms with Gasteiger partial charge >= 0.3 is 7.12 Å². The van der Waals surface area contributed by atoms with Gasteiger partial charge in [0.05, 0.1) is 16.8 Å². The normalized spacial score (nSPS) is 20.6. The van der Waals surface area contributed by atoms with Crippen molar-refractivity contribution in [2.24, 2.45) is 0 Å². The van der Waals surface area contributed by atoms with E-state index in [4.69, 9.17) is 9.31 Å². The summed E-state index contributed by atoms with van der Waals surface area (Å²) in [5.41, 5.74) is 1.93. The van der Waals surface area contributed by atoms with Crippen molar-refractivity contribution in [1.82, 2.24) is 4.98 Å². The molecule has 0 aliphatic carbocycles. The third-order valence-corrected chi connectivity index (χ3v) is 4.13. The van der Waals surface area contributed by atoms with Crippen LogP contribution in [0.25, 0.3) is 0 Å². The fraction of sp³-hybridized carbons (Fsp3) is 0.571. The minimum Gasteiger partial charge on any atom is -0.398 e. The maximum atomic E-state index is 10.7. The summed E-state index contributed by atoms with van der Waals surface area (Å²) >= 11 is 0. The molecule has 1 aliphatic rings. The van der Waals surface area contributed by atoms with Gasteiger partial charge < -0.3 is 14.1 Å². The molecular formula is C14H20BNO3. The maximum Gasteiger partial charge on any atom is 0.514 e. The highest BCUT2D eigenvalue weighted by atomic mass is 16.7. The van der Waals surface area contributed by atoms with Crippen molar-refractivity contribution in [3.63, 3.8) is 0 Å². The van der Waals surface area contributed by atoms with Crippen molar-refractivity contribution in [3.05, 3.63) is 23.4 Å². The molecule has 1 aliphatic heterocycles. The van der Waals surface area contributed by atoms with E-state index in [9.17, 15) is 4.79 Å². The summed E-state index contributed by atoms with van der Waals surface area (Å²) in [5.74, 6) is 0. The molecule has 1 fully saturated rings. The van der Waals surface area contributed by atoms with E-state index in [2.05, 4.69) is 4.98 Å². The molecule has 0 radical (unpaired) electrons. The number of carbonyl (C=O) groups is 1. The predicted molar refractivity (Wildman–Crippen MR) is 74.5 cm³/mol. The highest BCUT2D eigenvalue weighted by Gasteiger charge is 2.52. The van der Waals surface area contributed by atoms with E-state index in [1.165, 1.54) is 0 Å². The molecular weight excluding hydrogens is 241 g/mol. The summed E-state index contributed by atoms with van der Waals surface area (Å²) in [4.78, 5) is 15.1. The van der Waals surface area contributed by atoms with Gasteiger partial charge in [0.1, 0.15) is 6.29 Å². The second kappa shape index (κ2) is 4.73. The zero-order valence-corrected chi connectivity index (χ0v) is 12.2. The molecule has 0 spiro atoms. The minimum absolute atomic E-state index is 0.382. The lowest BCUT2D eigenvalue weighted by Gasteiger charge is -2.32. The monoisotopic (exact) mass is 261 g/mol. The average Bonchev–Trinajstić information content (AvgIpc) is 2.51. The highest BCUT2D eigenvalue weighted by Crippen LogP contribution is 2.36. The zero-order valence-electron chi connectivity index (χ0n) is 12.2. The van der Waals surface area contributed by atoms with Gasteiger partial charge in [0.2, 0.25) is 0 Å². The van der Waals surface area contributed by atoms with Gasteiger partial charge in [0, 0.05) is 12.6 Å². The van der Waals surface area contributed by atoms with E-state index in [0.717, 1.165) is 23.0 Å². The minimum atomic E-state index is -0.475. The Kier molecular flexibility index (Phi) is 3.54. The van der Waals surface area contributed by atoms with Crippen LogP contribution in [-0.4, -0.2) is 29.6 Å². The smallest absolute Gasteiger partial charge is 0.398 e. The summed E-state index contributed by atoms with van der Waals surface area (Å²) < 4.78 is 12.0. The molecule has 0 bridgehead atoms. The topological polar surface area (TPSA) is 48.4 Å². The standard InChI is InChI=1S/C14H20BNO3/c1-10-11(7-9-17)6-8-16-12(10)15-18-13(2,3)14(4,5)19-15/h6,8-9H,7H2,1-5H3. The van der Waals surface area contributed by atoms with Crippen LogP contribution in [0.1, 0.15) is 38.8 Å². The van der Waals surface area contributed by atoms with Gasteiger partial charge in [-0.25, -0.2) is 0 Å². The molecule has 4 nitrogen and oxygen atoms in total. The van der Waals surface area contributed by atoms with E-state index < -0.39 is 7.12 Å². The van der Waals surface area contributed by atoms with Crippen molar-refractivity contribution in [2.75, 3.05) is 0 Å². The first-order chi connectivity index (χ1) is 8.78. The Morgan fingerprint density at radius 2 is 1.84 bits per heavy atom. The summed E-state index contributed by atoms with van der Waals surface area (Å²) in [5, 5.41) is 0. The molecule has 0 unspecified atom stereocenters. The van der Waals surface area contributed by atoms with Crippen molar-refractivity contribution in [2.45, 2.75) is 52.2 Å². The lowest BCUT2D eigenvalue weighted by atomic mass is 9.79. The molecule has 102 valence electrons. The highest BCUT2D eigenvalue weighted by molar-refractivity contribution is 6.61. The van der Waals surface area contributed by atoms with Crippen molar-refractivity contribution in [3.8, 4) is 0 Å². The van der Waals surface area contributed by atoms with Crippen LogP contribution in [0.5, 0.6) is 0 Å². The van der Waals surface area contributed by atoms with Crippen LogP contribution >= 0.6 is 0 Å². The number of hydrogen-bond acceptors (Lipinski definition) is 4. The third kappa shape index (κ3) is 2.45. The Bertz CT molecular complexity index is 483. The Morgan fingerprint density at radius 3 is 2.37 bits per heavy atom. The predicted octanol–water partition coefficient (Wildman–Crippen LogP) is 1.43. The average molecular weight is 261 g/mol. The number of hydrogen-bond donors (Lipinski definition) is 0. The van der Waals surface area contributed by atoms with Crippen LogP contribution in [0.3, 0.4) is 0 Å². The summed E-state index contributed by atoms with van der Waals surface area (Å²) in [6, 6.07) is 1.86. The second-order valence-electron chi connectivity index (χ2n) is 5.94. The molecule has 19 heavy (non-hydrogen) atoms. The number of aromatic nitrogens is 1. The number of aldehydes is 1. The van der Waals surface area contributed by atoms with Crippen molar-refractivity contribution in [1.29, 1.82) is 0 Å². The molecule has 0 atom stereocenters. The van der Waals surface area contributed by atoms with E-state index >= 15 is 0 Å². The third-order valence-electron chi connectivity index (χ3n) is 4.13. The quantitative estimate of drug-likeness (QED) is 0.610. The van der Waals surface area contributed by atoms with E-state index in [-0.39, 0.29) is 11.2 Å². The summed E-state index contributed by atoms with van der Waals surface area (Å²) in [7, 11) is -0.475. The lowest BCUT2D eigenvalue weighted by Crippen LogP contribution is -2.41. The molecule has 0 N–H and O–H groups in total. The zero-order chi connectivity index (χ0) is 14.3. The fourth-order valence-electron chi connectivity index (χ4n) is 2.10. The molecule has 5 heteroatoms. The fourth-order valence-corrected chi connectivity index (χ4v) is 2.10. The van der Waals surface area contributed by atoms with Crippen LogP contribution < -0.4 is 5.59 Å². The van der Waals surface area contributed by atoms with Gasteiger partial charge in [-0.2, -0.15) is 0 Å². The first-order valence-electron chi connectivity index (χ1n) is 6.52. The number of rotatable bonds is 3. The van der Waals surface area contributed by atoms with Crippen LogP contribution in [0.2, 0.25) is 0 Å². The molecule has 2 rings (SSSR count). The summed E-state index contributed by atoms with van der Waals surface area (Å²) in [6.45, 7) is 10.00. The van der Waals surface area contributed by atoms with Gasteiger partial charge in [-0.15, -0.1) is 0 Å². The Balaban J connectivity index is 2.34. The Morgan fingerprint density at radius 1 is 1.26 bits per heavy atom. The Labute approximate surface area is 114 Å². The molecule has 1 aromatic rings. The van der Waals surface area contributed by atoms with E-state index in [1.54, 1.807) is 6.20 Å². The van der Waals surface area contributed by atoms with Gasteiger partial charge in [0.25, 0.3) is 0 Å². The van der Waals surface area contributed by atoms with E-state index in [0.29, 0.717) is 6.42 Å². The molecule has 0 aromatic carbocycles. The lowest BCUT2D eigenvalue weighted by molar-refractivity contribution is -0.107. The molecule has 1 aromatic heterocycles. The molecule has 0 amide bonds. The molecule has 0 saturated carbocycles. The van der Waals surface area contributed by atoms with Crippen LogP contribution in [0.4, 0.5) is 0 Å². The number of nitrogens with zero attached hydrogens (tertiary/aromatic N) is 1. The van der Waals surface area contributed by atoms with Gasteiger partial charge in [-0.3, -0.25) is 4.98 Å². The number of carbonyl (C=O) groups excluding carboxylic acids is 1. The molecule has 2 heterocycles. The summed E-state index contributed by atoms with van der Waals surface area (Å²) in [6.07, 6.45) is 2.99. The van der Waals surface area contributed by atoms with Crippen molar-refractivity contribution >= 4 is 19.0 Å². The SMILES string of the molecule is Cc1c(CC=O)ccnc1B1OC(C)(C)C(C)(C)O1. The van der Waals surface area contributed by atoms with Crippen LogP contribution in [0.15, 0.2) is 12.3 Å². The Hall–Kier alpha value is -1.20. The van der Waals surface area contributed by atoms with Gasteiger partial charge in [-0.1, -0.05) is 0 Å². The number of pyridine rings is 1. The van der Waals surface area contributed by atoms with Crippen molar-refractivity contribution < 1.29 is 14.1 Å². The first kappa shape index (κ1) is 14.2. The first-order valence-corrected chi connectivity index (χ1v) is 6.52. The maximum absolute atomic E-state index is 10.7. The van der Waals surface area contributed by atoms with Gasteiger partial charge in [0.15, 0.2) is 0 Å². The van der Waals surface area contributed by atoms with Crippen LogP contribution in [-0.2, 0) is 20.5 Å². The molecule has 1 saturated heterocycles. The van der Waals surface area contributed by atoms with Crippen LogP contribution in [0, 0.1) is 6.92 Å². The largest absolute Gasteiger partial charge is 0.514 e. The van der Waals surface area contributed by atoms with E-state index in [1.807, 2.05) is 40.7 Å². The second-order valence-corrected chi connectivity index (χ2v) is 5.94. The van der Waals surface area contributed by atoms with Gasteiger partial charge in [-0.05, 0) is 51.8 Å².